The van der Waals surface area contributed by atoms with E-state index < -0.39 is 11.7 Å². The monoisotopic (exact) mass is 354 g/mol. The molecule has 1 rings (SSSR count). The number of halogens is 4. The largest absolute Gasteiger partial charge is 0.419 e. The van der Waals surface area contributed by atoms with Crippen LogP contribution in [0.15, 0.2) is 16.7 Å². The number of hydrogen-bond acceptors (Lipinski definition) is 3. The van der Waals surface area contributed by atoms with Crippen LogP contribution in [0.2, 0.25) is 0 Å². The lowest BCUT2D eigenvalue weighted by molar-refractivity contribution is -0.137. The van der Waals surface area contributed by atoms with E-state index in [0.29, 0.717) is 36.6 Å². The summed E-state index contributed by atoms with van der Waals surface area (Å²) in [5.41, 5.74) is -0.769. The van der Waals surface area contributed by atoms with Crippen molar-refractivity contribution in [2.24, 2.45) is 5.92 Å². The lowest BCUT2D eigenvalue weighted by Crippen LogP contribution is -2.14. The molecule has 0 aliphatic heterocycles. The average Bonchev–Trinajstić information content (AvgIpc) is 2.33. The summed E-state index contributed by atoms with van der Waals surface area (Å²) < 4.78 is 44.1. The molecule has 0 saturated heterocycles. The molecule has 1 heterocycles. The number of nitrogens with zero attached hydrogens (tertiary/aromatic N) is 1. The highest BCUT2D eigenvalue weighted by Crippen LogP contribution is 2.35. The first-order chi connectivity index (χ1) is 9.30. The number of aromatic nitrogens is 1. The fourth-order valence-electron chi connectivity index (χ4n) is 1.50. The number of pyridine rings is 1. The highest BCUT2D eigenvalue weighted by atomic mass is 79.9. The minimum absolute atomic E-state index is 0.149. The normalized spacial score (nSPS) is 11.9. The van der Waals surface area contributed by atoms with Gasteiger partial charge in [-0.1, -0.05) is 13.8 Å². The SMILES string of the molecule is CC(C)COCCCNc1ncc(Br)cc1C(F)(F)F. The summed E-state index contributed by atoms with van der Waals surface area (Å²) in [5.74, 6) is 0.303. The van der Waals surface area contributed by atoms with E-state index in [1.165, 1.54) is 6.20 Å². The second-order valence-electron chi connectivity index (χ2n) is 4.80. The number of rotatable bonds is 7. The van der Waals surface area contributed by atoms with E-state index in [-0.39, 0.29) is 5.82 Å². The highest BCUT2D eigenvalue weighted by Gasteiger charge is 2.34. The third kappa shape index (κ3) is 6.09. The van der Waals surface area contributed by atoms with Crippen molar-refractivity contribution in [2.75, 3.05) is 25.1 Å². The summed E-state index contributed by atoms with van der Waals surface area (Å²) in [6.07, 6.45) is -2.46. The topological polar surface area (TPSA) is 34.1 Å². The third-order valence-corrected chi connectivity index (χ3v) is 2.80. The maximum atomic E-state index is 12.8. The van der Waals surface area contributed by atoms with E-state index in [4.69, 9.17) is 4.74 Å². The van der Waals surface area contributed by atoms with E-state index in [1.54, 1.807) is 0 Å². The first-order valence-corrected chi connectivity index (χ1v) is 7.14. The van der Waals surface area contributed by atoms with Crippen molar-refractivity contribution in [3.63, 3.8) is 0 Å². The molecule has 1 N–H and O–H groups in total. The zero-order valence-corrected chi connectivity index (χ0v) is 13.0. The Kier molecular flexibility index (Phi) is 6.75. The zero-order valence-electron chi connectivity index (χ0n) is 11.4. The van der Waals surface area contributed by atoms with Crippen LogP contribution >= 0.6 is 15.9 Å². The van der Waals surface area contributed by atoms with Gasteiger partial charge in [-0.05, 0) is 34.3 Å². The molecule has 0 aliphatic rings. The summed E-state index contributed by atoms with van der Waals surface area (Å²) in [6, 6.07) is 1.02. The first-order valence-electron chi connectivity index (χ1n) is 6.35. The Morgan fingerprint density at radius 2 is 2.10 bits per heavy atom. The molecule has 0 aromatic carbocycles. The van der Waals surface area contributed by atoms with E-state index in [2.05, 4.69) is 26.2 Å². The Balaban J connectivity index is 2.48. The maximum Gasteiger partial charge on any atom is 0.419 e. The summed E-state index contributed by atoms with van der Waals surface area (Å²) in [6.45, 7) is 5.64. The molecule has 0 bridgehead atoms. The average molecular weight is 355 g/mol. The van der Waals surface area contributed by atoms with Gasteiger partial charge in [-0.15, -0.1) is 0 Å². The summed E-state index contributed by atoms with van der Waals surface area (Å²) in [5, 5.41) is 2.70. The van der Waals surface area contributed by atoms with Gasteiger partial charge in [-0.25, -0.2) is 4.98 Å². The van der Waals surface area contributed by atoms with Gasteiger partial charge in [0.25, 0.3) is 0 Å². The fraction of sp³-hybridized carbons (Fsp3) is 0.615. The van der Waals surface area contributed by atoms with Gasteiger partial charge >= 0.3 is 6.18 Å². The molecule has 0 unspecified atom stereocenters. The van der Waals surface area contributed by atoms with Crippen molar-refractivity contribution in [3.8, 4) is 0 Å². The molecule has 7 heteroatoms. The molecule has 0 saturated carbocycles. The molecule has 0 radical (unpaired) electrons. The molecule has 0 atom stereocenters. The number of hydrogen-bond donors (Lipinski definition) is 1. The van der Waals surface area contributed by atoms with Gasteiger partial charge < -0.3 is 10.1 Å². The van der Waals surface area contributed by atoms with Gasteiger partial charge in [0, 0.05) is 30.4 Å². The van der Waals surface area contributed by atoms with Crippen molar-refractivity contribution in [3.05, 3.63) is 22.3 Å². The molecule has 1 aromatic rings. The number of anilines is 1. The smallest absolute Gasteiger partial charge is 0.381 e. The standard InChI is InChI=1S/C13H18BrF3N2O/c1-9(2)8-20-5-3-4-18-12-11(13(15,16)17)6-10(14)7-19-12/h6-7,9H,3-5,8H2,1-2H3,(H,18,19). The Morgan fingerprint density at radius 3 is 2.70 bits per heavy atom. The van der Waals surface area contributed by atoms with Gasteiger partial charge in [0.1, 0.15) is 5.82 Å². The van der Waals surface area contributed by atoms with Crippen LogP contribution in [0.3, 0.4) is 0 Å². The van der Waals surface area contributed by atoms with E-state index >= 15 is 0 Å². The summed E-state index contributed by atoms with van der Waals surface area (Å²) >= 11 is 2.99. The minimum atomic E-state index is -4.42. The molecule has 0 aliphatic carbocycles. The first kappa shape index (κ1) is 17.2. The molecule has 0 fully saturated rings. The van der Waals surface area contributed by atoms with Crippen LogP contribution in [0.1, 0.15) is 25.8 Å². The van der Waals surface area contributed by atoms with E-state index in [0.717, 1.165) is 6.07 Å². The van der Waals surface area contributed by atoms with Gasteiger partial charge in [0.2, 0.25) is 0 Å². The number of alkyl halides is 3. The predicted molar refractivity (Wildman–Crippen MR) is 75.7 cm³/mol. The number of nitrogens with one attached hydrogen (secondary N) is 1. The van der Waals surface area contributed by atoms with Crippen molar-refractivity contribution < 1.29 is 17.9 Å². The Labute approximate surface area is 125 Å². The molecule has 0 spiro atoms. The fourth-order valence-corrected chi connectivity index (χ4v) is 1.83. The van der Waals surface area contributed by atoms with Crippen LogP contribution in [0.25, 0.3) is 0 Å². The lowest BCUT2D eigenvalue weighted by Gasteiger charge is -2.14. The molecule has 0 amide bonds. The van der Waals surface area contributed by atoms with Gasteiger partial charge in [0.05, 0.1) is 5.56 Å². The number of ether oxygens (including phenoxy) is 1. The Hall–Kier alpha value is -0.820. The molecule has 3 nitrogen and oxygen atoms in total. The van der Waals surface area contributed by atoms with E-state index in [1.807, 2.05) is 13.8 Å². The quantitative estimate of drug-likeness (QED) is 0.739. The van der Waals surface area contributed by atoms with Crippen molar-refractivity contribution in [2.45, 2.75) is 26.4 Å². The molecular weight excluding hydrogens is 337 g/mol. The van der Waals surface area contributed by atoms with Crippen LogP contribution in [0.5, 0.6) is 0 Å². The van der Waals surface area contributed by atoms with Crippen LogP contribution < -0.4 is 5.32 Å². The molecule has 1 aromatic heterocycles. The van der Waals surface area contributed by atoms with Gasteiger partial charge in [-0.2, -0.15) is 13.2 Å². The van der Waals surface area contributed by atoms with Crippen LogP contribution in [0, 0.1) is 5.92 Å². The molecular formula is C13H18BrF3N2O. The van der Waals surface area contributed by atoms with Crippen LogP contribution in [-0.2, 0) is 10.9 Å². The third-order valence-electron chi connectivity index (χ3n) is 2.37. The van der Waals surface area contributed by atoms with Crippen LogP contribution in [0.4, 0.5) is 19.0 Å². The minimum Gasteiger partial charge on any atom is -0.381 e. The van der Waals surface area contributed by atoms with Gasteiger partial charge in [0.15, 0.2) is 0 Å². The van der Waals surface area contributed by atoms with Crippen LogP contribution in [-0.4, -0.2) is 24.7 Å². The highest BCUT2D eigenvalue weighted by molar-refractivity contribution is 9.10. The second kappa shape index (κ2) is 7.83. The van der Waals surface area contributed by atoms with E-state index in [9.17, 15) is 13.2 Å². The van der Waals surface area contributed by atoms with Gasteiger partial charge in [-0.3, -0.25) is 0 Å². The zero-order chi connectivity index (χ0) is 15.2. The van der Waals surface area contributed by atoms with Crippen molar-refractivity contribution >= 4 is 21.7 Å². The Bertz CT molecular complexity index is 425. The van der Waals surface area contributed by atoms with Crippen molar-refractivity contribution in [1.29, 1.82) is 0 Å². The predicted octanol–water partition coefficient (Wildman–Crippen LogP) is 4.34. The Morgan fingerprint density at radius 1 is 1.40 bits per heavy atom. The summed E-state index contributed by atoms with van der Waals surface area (Å²) in [7, 11) is 0. The molecule has 20 heavy (non-hydrogen) atoms. The lowest BCUT2D eigenvalue weighted by atomic mass is 10.2. The molecule has 114 valence electrons. The van der Waals surface area contributed by atoms with Crippen molar-refractivity contribution in [1.82, 2.24) is 4.98 Å². The summed E-state index contributed by atoms with van der Waals surface area (Å²) in [4.78, 5) is 3.77. The second-order valence-corrected chi connectivity index (χ2v) is 5.71. The maximum absolute atomic E-state index is 12.8.